The number of halogens is 2. The lowest BCUT2D eigenvalue weighted by molar-refractivity contribution is -0.122. The van der Waals surface area contributed by atoms with Crippen LogP contribution in [0, 0.1) is 0 Å². The van der Waals surface area contributed by atoms with Crippen LogP contribution in [0.3, 0.4) is 0 Å². The molecule has 6 nitrogen and oxygen atoms in total. The lowest BCUT2D eigenvalue weighted by Crippen LogP contribution is -2.47. The van der Waals surface area contributed by atoms with Gasteiger partial charge in [0.1, 0.15) is 0 Å². The number of carbonyl (C=O) groups is 1. The molecule has 1 heterocycles. The summed E-state index contributed by atoms with van der Waals surface area (Å²) in [6.07, 6.45) is 0.755. The standard InChI is InChI=1S/C11H13BrClN3O3S/c12-11-8(14)3-6(13)4-9(11)20(18,19)16-7-1-2-10(17)15-5-7/h3-4,7,16H,1-2,5,14H2,(H,15,17). The van der Waals surface area contributed by atoms with Crippen molar-refractivity contribution in [2.45, 2.75) is 23.8 Å². The van der Waals surface area contributed by atoms with Crippen molar-refractivity contribution in [1.29, 1.82) is 0 Å². The van der Waals surface area contributed by atoms with Crippen molar-refractivity contribution in [2.24, 2.45) is 0 Å². The lowest BCUT2D eigenvalue weighted by atomic mass is 10.1. The van der Waals surface area contributed by atoms with E-state index in [0.717, 1.165) is 0 Å². The Kier molecular flexibility index (Phi) is 4.58. The Morgan fingerprint density at radius 1 is 1.45 bits per heavy atom. The Labute approximate surface area is 130 Å². The van der Waals surface area contributed by atoms with E-state index < -0.39 is 10.0 Å². The molecule has 0 spiro atoms. The Hall–Kier alpha value is -0.830. The van der Waals surface area contributed by atoms with Gasteiger partial charge in [-0.1, -0.05) is 11.6 Å². The number of nitrogen functional groups attached to an aromatic ring is 1. The quantitative estimate of drug-likeness (QED) is 0.685. The minimum Gasteiger partial charge on any atom is -0.398 e. The van der Waals surface area contributed by atoms with Crippen molar-refractivity contribution >= 4 is 49.1 Å². The first-order valence-electron chi connectivity index (χ1n) is 5.83. The SMILES string of the molecule is Nc1cc(Cl)cc(S(=O)(=O)NC2CCC(=O)NC2)c1Br. The summed E-state index contributed by atoms with van der Waals surface area (Å²) >= 11 is 8.99. The van der Waals surface area contributed by atoms with Gasteiger partial charge in [-0.2, -0.15) is 0 Å². The summed E-state index contributed by atoms with van der Waals surface area (Å²) in [4.78, 5) is 11.0. The van der Waals surface area contributed by atoms with Crippen molar-refractivity contribution in [3.05, 3.63) is 21.6 Å². The number of hydrogen-bond acceptors (Lipinski definition) is 4. The third kappa shape index (κ3) is 3.43. The highest BCUT2D eigenvalue weighted by atomic mass is 79.9. The van der Waals surface area contributed by atoms with Gasteiger partial charge in [0, 0.05) is 29.7 Å². The Morgan fingerprint density at radius 2 is 2.15 bits per heavy atom. The molecule has 0 saturated carbocycles. The minimum atomic E-state index is -3.77. The van der Waals surface area contributed by atoms with Crippen LogP contribution in [0.15, 0.2) is 21.5 Å². The van der Waals surface area contributed by atoms with Gasteiger partial charge in [-0.25, -0.2) is 13.1 Å². The molecular formula is C11H13BrClN3O3S. The Balaban J connectivity index is 2.25. The average molecular weight is 383 g/mol. The first-order valence-corrected chi connectivity index (χ1v) is 8.48. The molecule has 1 amide bonds. The molecule has 0 radical (unpaired) electrons. The van der Waals surface area contributed by atoms with E-state index in [1.807, 2.05) is 0 Å². The number of amides is 1. The Bertz CT molecular complexity index is 641. The van der Waals surface area contributed by atoms with Crippen LogP contribution in [0.25, 0.3) is 0 Å². The molecule has 1 saturated heterocycles. The van der Waals surface area contributed by atoms with E-state index in [1.54, 1.807) is 0 Å². The molecule has 0 aromatic heterocycles. The zero-order valence-corrected chi connectivity index (χ0v) is 13.5. The molecule has 1 fully saturated rings. The maximum atomic E-state index is 12.3. The predicted octanol–water partition coefficient (Wildman–Crippen LogP) is 1.24. The number of carbonyl (C=O) groups excluding carboxylic acids is 1. The summed E-state index contributed by atoms with van der Waals surface area (Å²) < 4.78 is 27.5. The summed E-state index contributed by atoms with van der Waals surface area (Å²) in [6, 6.07) is 2.45. The Morgan fingerprint density at radius 3 is 2.75 bits per heavy atom. The summed E-state index contributed by atoms with van der Waals surface area (Å²) in [5.74, 6) is -0.0753. The molecule has 0 aliphatic carbocycles. The van der Waals surface area contributed by atoms with Crippen molar-refractivity contribution in [3.63, 3.8) is 0 Å². The molecule has 1 unspecified atom stereocenters. The van der Waals surface area contributed by atoms with Crippen LogP contribution in [0.4, 0.5) is 5.69 Å². The van der Waals surface area contributed by atoms with Gasteiger partial charge in [0.05, 0.1) is 9.37 Å². The topological polar surface area (TPSA) is 101 Å². The summed E-state index contributed by atoms with van der Waals surface area (Å²) in [5, 5.41) is 2.85. The third-order valence-corrected chi connectivity index (χ3v) is 5.82. The van der Waals surface area contributed by atoms with Crippen LogP contribution in [0.2, 0.25) is 5.02 Å². The molecule has 1 aliphatic heterocycles. The van der Waals surface area contributed by atoms with Crippen LogP contribution in [-0.4, -0.2) is 26.9 Å². The largest absolute Gasteiger partial charge is 0.398 e. The van der Waals surface area contributed by atoms with Crippen LogP contribution < -0.4 is 15.8 Å². The van der Waals surface area contributed by atoms with E-state index in [4.69, 9.17) is 17.3 Å². The first-order chi connectivity index (χ1) is 9.29. The smallest absolute Gasteiger partial charge is 0.242 e. The van der Waals surface area contributed by atoms with E-state index in [9.17, 15) is 13.2 Å². The summed E-state index contributed by atoms with van der Waals surface area (Å²) in [6.45, 7) is 0.270. The first kappa shape index (κ1) is 15.6. The maximum absolute atomic E-state index is 12.3. The van der Waals surface area contributed by atoms with E-state index in [2.05, 4.69) is 26.0 Å². The number of piperidine rings is 1. The number of nitrogens with two attached hydrogens (primary N) is 1. The molecule has 1 aromatic carbocycles. The van der Waals surface area contributed by atoms with Gasteiger partial charge in [-0.3, -0.25) is 4.79 Å². The lowest BCUT2D eigenvalue weighted by Gasteiger charge is -2.23. The van der Waals surface area contributed by atoms with Gasteiger partial charge in [0.15, 0.2) is 0 Å². The zero-order valence-electron chi connectivity index (χ0n) is 10.3. The number of hydrogen-bond donors (Lipinski definition) is 3. The summed E-state index contributed by atoms with van der Waals surface area (Å²) in [7, 11) is -3.77. The van der Waals surface area contributed by atoms with E-state index >= 15 is 0 Å². The van der Waals surface area contributed by atoms with E-state index in [-0.39, 0.29) is 38.6 Å². The molecule has 110 valence electrons. The fourth-order valence-electron chi connectivity index (χ4n) is 1.90. The summed E-state index contributed by atoms with van der Waals surface area (Å²) in [5.41, 5.74) is 5.93. The average Bonchev–Trinajstić information content (AvgIpc) is 2.36. The monoisotopic (exact) mass is 381 g/mol. The molecule has 20 heavy (non-hydrogen) atoms. The molecule has 9 heteroatoms. The molecule has 2 rings (SSSR count). The van der Waals surface area contributed by atoms with Gasteiger partial charge in [0.2, 0.25) is 15.9 Å². The van der Waals surface area contributed by atoms with Gasteiger partial charge >= 0.3 is 0 Å². The minimum absolute atomic E-state index is 0.0144. The van der Waals surface area contributed by atoms with Gasteiger partial charge < -0.3 is 11.1 Å². The van der Waals surface area contributed by atoms with Gasteiger partial charge in [0.25, 0.3) is 0 Å². The fourth-order valence-corrected chi connectivity index (χ4v) is 4.46. The van der Waals surface area contributed by atoms with Gasteiger partial charge in [-0.15, -0.1) is 0 Å². The van der Waals surface area contributed by atoms with Crippen molar-refractivity contribution in [1.82, 2.24) is 10.0 Å². The number of nitrogens with one attached hydrogen (secondary N) is 2. The third-order valence-electron chi connectivity index (χ3n) is 2.91. The second-order valence-corrected chi connectivity index (χ2v) is 7.38. The fraction of sp³-hybridized carbons (Fsp3) is 0.364. The van der Waals surface area contributed by atoms with Crippen molar-refractivity contribution in [2.75, 3.05) is 12.3 Å². The van der Waals surface area contributed by atoms with E-state index in [0.29, 0.717) is 12.8 Å². The molecular weight excluding hydrogens is 370 g/mol. The highest BCUT2D eigenvalue weighted by molar-refractivity contribution is 9.10. The molecule has 1 aliphatic rings. The van der Waals surface area contributed by atoms with Gasteiger partial charge in [-0.05, 0) is 34.5 Å². The van der Waals surface area contributed by atoms with Crippen LogP contribution in [0.1, 0.15) is 12.8 Å². The highest BCUT2D eigenvalue weighted by Crippen LogP contribution is 2.31. The van der Waals surface area contributed by atoms with Crippen molar-refractivity contribution < 1.29 is 13.2 Å². The second-order valence-electron chi connectivity index (χ2n) is 4.47. The number of anilines is 1. The molecule has 4 N–H and O–H groups in total. The zero-order chi connectivity index (χ0) is 14.9. The molecule has 1 atom stereocenters. The highest BCUT2D eigenvalue weighted by Gasteiger charge is 2.26. The molecule has 0 bridgehead atoms. The van der Waals surface area contributed by atoms with Crippen LogP contribution >= 0.6 is 27.5 Å². The van der Waals surface area contributed by atoms with E-state index in [1.165, 1.54) is 12.1 Å². The number of rotatable bonds is 3. The van der Waals surface area contributed by atoms with Crippen LogP contribution in [0.5, 0.6) is 0 Å². The maximum Gasteiger partial charge on any atom is 0.242 e. The second kappa shape index (κ2) is 5.88. The van der Waals surface area contributed by atoms with Crippen molar-refractivity contribution in [3.8, 4) is 0 Å². The number of benzene rings is 1. The van der Waals surface area contributed by atoms with Crippen LogP contribution in [-0.2, 0) is 14.8 Å². The number of sulfonamides is 1. The normalized spacial score (nSPS) is 19.7. The predicted molar refractivity (Wildman–Crippen MR) is 79.9 cm³/mol. The molecule has 1 aromatic rings.